The molecule has 0 spiro atoms. The maximum absolute atomic E-state index is 13.2. The fourth-order valence-electron chi connectivity index (χ4n) is 3.49. The normalized spacial score (nSPS) is 14.2. The molecule has 0 saturated carbocycles. The highest BCUT2D eigenvalue weighted by Gasteiger charge is 2.21. The van der Waals surface area contributed by atoms with Crippen LogP contribution in [0.2, 0.25) is 0 Å². The fourth-order valence-corrected chi connectivity index (χ4v) is 4.32. The van der Waals surface area contributed by atoms with Crippen LogP contribution in [0.4, 0.5) is 0 Å². The first-order valence-corrected chi connectivity index (χ1v) is 12.0. The predicted octanol–water partition coefficient (Wildman–Crippen LogP) is 3.44. The number of nitrogens with zero attached hydrogens (tertiary/aromatic N) is 3. The Morgan fingerprint density at radius 2 is 1.72 bits per heavy atom. The van der Waals surface area contributed by atoms with E-state index in [9.17, 15) is 4.79 Å². The van der Waals surface area contributed by atoms with E-state index >= 15 is 0 Å². The van der Waals surface area contributed by atoms with Gasteiger partial charge in [0.1, 0.15) is 5.01 Å². The molecule has 1 aliphatic heterocycles. The Morgan fingerprint density at radius 1 is 1.09 bits per heavy atom. The Labute approximate surface area is 194 Å². The van der Waals surface area contributed by atoms with E-state index in [2.05, 4.69) is 4.90 Å². The van der Waals surface area contributed by atoms with Crippen molar-refractivity contribution in [3.8, 4) is 17.2 Å². The van der Waals surface area contributed by atoms with Crippen molar-refractivity contribution in [1.29, 1.82) is 0 Å². The lowest BCUT2D eigenvalue weighted by atomic mass is 10.1. The average Bonchev–Trinajstić information content (AvgIpc) is 3.22. The summed E-state index contributed by atoms with van der Waals surface area (Å²) in [7, 11) is 1.78. The van der Waals surface area contributed by atoms with Gasteiger partial charge in [-0.1, -0.05) is 0 Å². The molecule has 1 aliphatic rings. The van der Waals surface area contributed by atoms with E-state index in [0.29, 0.717) is 49.2 Å². The monoisotopic (exact) mass is 463 g/mol. The third kappa shape index (κ3) is 6.34. The van der Waals surface area contributed by atoms with E-state index in [4.69, 9.17) is 23.9 Å². The molecule has 3 rings (SSSR count). The van der Waals surface area contributed by atoms with Gasteiger partial charge in [0.15, 0.2) is 11.5 Å². The summed E-state index contributed by atoms with van der Waals surface area (Å²) in [4.78, 5) is 21.9. The molecule has 0 aliphatic carbocycles. The second-order valence-electron chi connectivity index (χ2n) is 7.38. The van der Waals surface area contributed by atoms with E-state index < -0.39 is 0 Å². The van der Waals surface area contributed by atoms with Crippen LogP contribution in [-0.4, -0.2) is 73.9 Å². The van der Waals surface area contributed by atoms with Crippen LogP contribution in [0.3, 0.4) is 0 Å². The first-order chi connectivity index (χ1) is 15.5. The molecule has 0 radical (unpaired) electrons. The lowest BCUT2D eigenvalue weighted by Crippen LogP contribution is -2.35. The van der Waals surface area contributed by atoms with Crippen molar-refractivity contribution in [3.05, 3.63) is 33.8 Å². The van der Waals surface area contributed by atoms with Crippen LogP contribution in [-0.2, 0) is 17.8 Å². The molecule has 32 heavy (non-hydrogen) atoms. The summed E-state index contributed by atoms with van der Waals surface area (Å²) < 4.78 is 22.6. The van der Waals surface area contributed by atoms with Crippen molar-refractivity contribution in [1.82, 2.24) is 14.8 Å². The van der Waals surface area contributed by atoms with Gasteiger partial charge in [-0.3, -0.25) is 9.69 Å². The highest BCUT2D eigenvalue weighted by atomic mass is 32.1. The van der Waals surface area contributed by atoms with Gasteiger partial charge in [0, 0.05) is 31.1 Å². The van der Waals surface area contributed by atoms with E-state index in [-0.39, 0.29) is 5.91 Å². The maximum Gasteiger partial charge on any atom is 0.254 e. The third-order valence-electron chi connectivity index (χ3n) is 4.96. The zero-order valence-electron chi connectivity index (χ0n) is 19.4. The number of aromatic nitrogens is 1. The number of ether oxygens (including phenoxy) is 4. The van der Waals surface area contributed by atoms with Crippen LogP contribution in [0.5, 0.6) is 17.2 Å². The molecule has 9 heteroatoms. The Balaban J connectivity index is 1.72. The molecule has 176 valence electrons. The molecular weight excluding hydrogens is 430 g/mol. The zero-order chi connectivity index (χ0) is 22.9. The summed E-state index contributed by atoms with van der Waals surface area (Å²) in [6.45, 7) is 11.7. The first-order valence-electron chi connectivity index (χ1n) is 11.1. The molecule has 1 saturated heterocycles. The van der Waals surface area contributed by atoms with Crippen molar-refractivity contribution in [2.75, 3.05) is 53.2 Å². The van der Waals surface area contributed by atoms with Gasteiger partial charge in [-0.15, -0.1) is 11.3 Å². The second kappa shape index (κ2) is 12.0. The topological polar surface area (TPSA) is 73.4 Å². The first kappa shape index (κ1) is 24.3. The number of benzene rings is 1. The Hall–Kier alpha value is -2.36. The minimum absolute atomic E-state index is 0.127. The second-order valence-corrected chi connectivity index (χ2v) is 8.33. The van der Waals surface area contributed by atoms with Crippen LogP contribution in [0.25, 0.3) is 0 Å². The van der Waals surface area contributed by atoms with Crippen molar-refractivity contribution < 1.29 is 23.7 Å². The summed E-state index contributed by atoms with van der Waals surface area (Å²) in [6, 6.07) is 3.45. The lowest BCUT2D eigenvalue weighted by molar-refractivity contribution is 0.0341. The van der Waals surface area contributed by atoms with Crippen LogP contribution in [0.1, 0.15) is 41.8 Å². The largest absolute Gasteiger partial charge is 0.490 e. The van der Waals surface area contributed by atoms with Gasteiger partial charge >= 0.3 is 0 Å². The number of carbonyl (C=O) groups is 1. The number of hydrogen-bond acceptors (Lipinski definition) is 8. The van der Waals surface area contributed by atoms with Gasteiger partial charge in [0.25, 0.3) is 5.91 Å². The fraction of sp³-hybridized carbons (Fsp3) is 0.565. The molecule has 1 fully saturated rings. The molecule has 1 aromatic carbocycles. The molecule has 2 aromatic rings. The molecule has 0 atom stereocenters. The summed E-state index contributed by atoms with van der Waals surface area (Å²) in [5.74, 6) is 1.43. The quantitative estimate of drug-likeness (QED) is 0.505. The van der Waals surface area contributed by atoms with Crippen molar-refractivity contribution in [2.24, 2.45) is 0 Å². The number of carbonyl (C=O) groups excluding carboxylic acids is 1. The smallest absolute Gasteiger partial charge is 0.254 e. The van der Waals surface area contributed by atoms with E-state index in [1.54, 1.807) is 35.4 Å². The van der Waals surface area contributed by atoms with Crippen LogP contribution >= 0.6 is 11.3 Å². The number of hydrogen-bond donors (Lipinski definition) is 0. The van der Waals surface area contributed by atoms with E-state index in [0.717, 1.165) is 43.5 Å². The van der Waals surface area contributed by atoms with Crippen molar-refractivity contribution in [2.45, 2.75) is 33.9 Å². The van der Waals surface area contributed by atoms with Gasteiger partial charge in [0.2, 0.25) is 5.75 Å². The Morgan fingerprint density at radius 3 is 2.31 bits per heavy atom. The molecule has 0 unspecified atom stereocenters. The summed E-state index contributed by atoms with van der Waals surface area (Å²) in [5.41, 5.74) is 1.38. The van der Waals surface area contributed by atoms with E-state index in [1.807, 2.05) is 26.2 Å². The standard InChI is InChI=1S/C23H33N3O5S/c1-5-29-19-12-17(13-20(30-6-2)22(19)31-7-3)23(27)25(4)14-18-16-32-21(24-18)15-26-8-10-28-11-9-26/h12-13,16H,5-11,14-15H2,1-4H3. The van der Waals surface area contributed by atoms with Gasteiger partial charge in [-0.2, -0.15) is 0 Å². The maximum atomic E-state index is 13.2. The predicted molar refractivity (Wildman–Crippen MR) is 124 cm³/mol. The summed E-state index contributed by atoms with van der Waals surface area (Å²) >= 11 is 1.63. The highest BCUT2D eigenvalue weighted by molar-refractivity contribution is 7.09. The van der Waals surface area contributed by atoms with Crippen molar-refractivity contribution >= 4 is 17.2 Å². The molecule has 2 heterocycles. The SMILES string of the molecule is CCOc1cc(C(=O)N(C)Cc2csc(CN3CCOCC3)n2)cc(OCC)c1OCC. The number of amides is 1. The molecule has 1 aromatic heterocycles. The van der Waals surface area contributed by atoms with Gasteiger partial charge in [0.05, 0.1) is 51.8 Å². The van der Waals surface area contributed by atoms with Crippen LogP contribution < -0.4 is 14.2 Å². The Bertz CT molecular complexity index is 855. The Kier molecular flexibility index (Phi) is 9.13. The molecule has 8 nitrogen and oxygen atoms in total. The molecule has 0 N–H and O–H groups in total. The number of thiazole rings is 1. The molecule has 0 bridgehead atoms. The highest BCUT2D eigenvalue weighted by Crippen LogP contribution is 2.39. The summed E-state index contributed by atoms with van der Waals surface area (Å²) in [5, 5.41) is 3.08. The van der Waals surface area contributed by atoms with E-state index in [1.165, 1.54) is 0 Å². The van der Waals surface area contributed by atoms with Crippen molar-refractivity contribution in [3.63, 3.8) is 0 Å². The average molecular weight is 464 g/mol. The summed E-state index contributed by atoms with van der Waals surface area (Å²) in [6.07, 6.45) is 0. The van der Waals surface area contributed by atoms with Crippen LogP contribution in [0, 0.1) is 0 Å². The number of rotatable bonds is 11. The molecular formula is C23H33N3O5S. The zero-order valence-corrected chi connectivity index (χ0v) is 20.2. The van der Waals surface area contributed by atoms with Gasteiger partial charge < -0.3 is 23.8 Å². The number of morpholine rings is 1. The third-order valence-corrected chi connectivity index (χ3v) is 5.85. The minimum atomic E-state index is -0.127. The van der Waals surface area contributed by atoms with Gasteiger partial charge in [-0.25, -0.2) is 4.98 Å². The molecule has 1 amide bonds. The van der Waals surface area contributed by atoms with Crippen LogP contribution in [0.15, 0.2) is 17.5 Å². The lowest BCUT2D eigenvalue weighted by Gasteiger charge is -2.25. The van der Waals surface area contributed by atoms with Gasteiger partial charge in [-0.05, 0) is 32.9 Å². The minimum Gasteiger partial charge on any atom is -0.490 e.